The zero-order valence-electron chi connectivity index (χ0n) is 20.4. The van der Waals surface area contributed by atoms with Crippen LogP contribution in [0, 0.1) is 23.5 Å². The highest BCUT2D eigenvalue weighted by atomic mass is 35.5. The summed E-state index contributed by atoms with van der Waals surface area (Å²) < 4.78 is 32.6. The number of rotatable bonds is 10. The Morgan fingerprint density at radius 3 is 2.86 bits per heavy atom. The molecule has 1 aromatic heterocycles. The van der Waals surface area contributed by atoms with Crippen LogP contribution in [0.2, 0.25) is 5.02 Å². The number of carboxylic acids is 1. The van der Waals surface area contributed by atoms with Crippen molar-refractivity contribution in [3.8, 4) is 5.75 Å². The van der Waals surface area contributed by atoms with E-state index >= 15 is 0 Å². The second-order valence-corrected chi connectivity index (χ2v) is 10.8. The molecule has 0 radical (unpaired) electrons. The van der Waals surface area contributed by atoms with Crippen LogP contribution in [0.15, 0.2) is 47.5 Å². The molecule has 3 aromatic rings. The molecule has 198 valence electrons. The number of ether oxygens (including phenoxy) is 1. The number of aromatic nitrogens is 1. The lowest BCUT2D eigenvalue weighted by atomic mass is 9.81. The van der Waals surface area contributed by atoms with Gasteiger partial charge in [0.15, 0.2) is 0 Å². The Morgan fingerprint density at radius 2 is 2.11 bits per heavy atom. The second kappa shape index (κ2) is 12.4. The summed E-state index contributed by atoms with van der Waals surface area (Å²) in [7, 11) is 1.56. The number of fused-ring (bicyclic) bond motifs is 1. The molecule has 1 aliphatic rings. The van der Waals surface area contributed by atoms with Crippen molar-refractivity contribution in [2.45, 2.75) is 30.3 Å². The Labute approximate surface area is 223 Å². The van der Waals surface area contributed by atoms with E-state index in [-0.39, 0.29) is 10.8 Å². The fraction of sp³-hybridized carbons (Fsp3) is 0.407. The van der Waals surface area contributed by atoms with Crippen LogP contribution in [0.3, 0.4) is 0 Å². The number of carboxylic acid groups (broad SMARTS) is 1. The van der Waals surface area contributed by atoms with Crippen LogP contribution in [0.1, 0.15) is 30.9 Å². The van der Waals surface area contributed by atoms with Crippen LogP contribution in [0.25, 0.3) is 10.9 Å². The minimum absolute atomic E-state index is 0.0990. The van der Waals surface area contributed by atoms with E-state index in [4.69, 9.17) is 16.3 Å². The van der Waals surface area contributed by atoms with E-state index in [0.29, 0.717) is 71.9 Å². The Balaban J connectivity index is 1.36. The quantitative estimate of drug-likeness (QED) is 0.308. The highest BCUT2D eigenvalue weighted by Gasteiger charge is 2.34. The molecule has 0 spiro atoms. The van der Waals surface area contributed by atoms with Crippen LogP contribution in [-0.4, -0.2) is 58.6 Å². The van der Waals surface area contributed by atoms with Gasteiger partial charge in [-0.05, 0) is 68.1 Å². The van der Waals surface area contributed by atoms with E-state index in [1.807, 2.05) is 0 Å². The lowest BCUT2D eigenvalue weighted by Crippen LogP contribution is -2.44. The number of methoxy groups -OCH3 is 1. The van der Waals surface area contributed by atoms with Gasteiger partial charge in [-0.25, -0.2) is 8.78 Å². The number of likely N-dealkylation sites (tertiary alicyclic amines) is 1. The first-order valence-corrected chi connectivity index (χ1v) is 13.5. The van der Waals surface area contributed by atoms with Crippen molar-refractivity contribution in [2.75, 3.05) is 32.5 Å². The summed E-state index contributed by atoms with van der Waals surface area (Å²) in [5, 5.41) is 22.0. The van der Waals surface area contributed by atoms with Gasteiger partial charge in [-0.3, -0.25) is 9.78 Å². The molecular weight excluding hydrogens is 522 g/mol. The molecule has 37 heavy (non-hydrogen) atoms. The van der Waals surface area contributed by atoms with Crippen molar-refractivity contribution < 1.29 is 28.5 Å². The summed E-state index contributed by atoms with van der Waals surface area (Å²) in [6.45, 7) is 1.64. The zero-order valence-corrected chi connectivity index (χ0v) is 21.9. The molecule has 6 nitrogen and oxygen atoms in total. The lowest BCUT2D eigenvalue weighted by molar-refractivity contribution is -0.146. The van der Waals surface area contributed by atoms with Crippen molar-refractivity contribution in [3.63, 3.8) is 0 Å². The molecular formula is C27H29ClF2N2O4S. The van der Waals surface area contributed by atoms with Crippen molar-refractivity contribution in [3.05, 3.63) is 64.8 Å². The van der Waals surface area contributed by atoms with Crippen LogP contribution < -0.4 is 4.74 Å². The number of aliphatic carboxylic acids is 1. The Bertz CT molecular complexity index is 1260. The maximum atomic E-state index is 13.9. The summed E-state index contributed by atoms with van der Waals surface area (Å²) >= 11 is 7.63. The van der Waals surface area contributed by atoms with Crippen molar-refractivity contribution >= 4 is 40.2 Å². The van der Waals surface area contributed by atoms with Gasteiger partial charge in [-0.2, -0.15) is 0 Å². The summed E-state index contributed by atoms with van der Waals surface area (Å²) in [6, 6.07) is 8.75. The van der Waals surface area contributed by atoms with E-state index in [1.165, 1.54) is 24.0 Å². The summed E-state index contributed by atoms with van der Waals surface area (Å²) in [5.74, 6) is -1.36. The molecule has 1 saturated heterocycles. The van der Waals surface area contributed by atoms with Gasteiger partial charge in [0.2, 0.25) is 0 Å². The van der Waals surface area contributed by atoms with Gasteiger partial charge in [0.1, 0.15) is 17.4 Å². The Hall–Kier alpha value is -2.46. The number of aliphatic hydroxyl groups excluding tert-OH is 1. The highest BCUT2D eigenvalue weighted by molar-refractivity contribution is 7.99. The number of carbonyl (C=O) groups is 1. The molecule has 1 aliphatic heterocycles. The van der Waals surface area contributed by atoms with Crippen LogP contribution in [0.5, 0.6) is 5.75 Å². The molecule has 0 amide bonds. The highest BCUT2D eigenvalue weighted by Crippen LogP contribution is 2.37. The largest absolute Gasteiger partial charge is 0.497 e. The number of hydrogen-bond donors (Lipinski definition) is 2. The maximum Gasteiger partial charge on any atom is 0.308 e. The third-order valence-corrected chi connectivity index (χ3v) is 8.24. The van der Waals surface area contributed by atoms with Crippen molar-refractivity contribution in [1.82, 2.24) is 9.88 Å². The van der Waals surface area contributed by atoms with E-state index in [1.54, 1.807) is 25.3 Å². The smallest absolute Gasteiger partial charge is 0.308 e. The van der Waals surface area contributed by atoms with Crippen molar-refractivity contribution in [1.29, 1.82) is 0 Å². The fourth-order valence-corrected chi connectivity index (χ4v) is 6.17. The van der Waals surface area contributed by atoms with E-state index < -0.39 is 29.6 Å². The van der Waals surface area contributed by atoms with E-state index in [0.717, 1.165) is 12.1 Å². The molecule has 10 heteroatoms. The molecule has 0 saturated carbocycles. The molecule has 4 rings (SSSR count). The minimum Gasteiger partial charge on any atom is -0.497 e. The third kappa shape index (κ3) is 6.71. The number of piperidine rings is 1. The topological polar surface area (TPSA) is 82.9 Å². The number of hydrogen-bond acceptors (Lipinski definition) is 6. The van der Waals surface area contributed by atoms with Crippen LogP contribution >= 0.6 is 23.4 Å². The van der Waals surface area contributed by atoms with Crippen molar-refractivity contribution in [2.24, 2.45) is 11.8 Å². The summed E-state index contributed by atoms with van der Waals surface area (Å²) in [5.41, 5.74) is 1.25. The molecule has 3 atom stereocenters. The fourth-order valence-electron chi connectivity index (χ4n) is 4.92. The SMILES string of the molecule is COc1ccc2ncc(Cl)c([C@@H](O)CC[C@@H]3CCN(CCSc4cc(F)ccc4F)C[C@@H]3C(=O)O)c2c1. The van der Waals surface area contributed by atoms with Gasteiger partial charge < -0.3 is 19.8 Å². The average molecular weight is 551 g/mol. The first-order chi connectivity index (χ1) is 17.8. The number of pyridine rings is 1. The van der Waals surface area contributed by atoms with Crippen LogP contribution in [0.4, 0.5) is 8.78 Å². The number of nitrogens with zero attached hydrogens (tertiary/aromatic N) is 2. The van der Waals surface area contributed by atoms with Gasteiger partial charge in [0.05, 0.1) is 29.7 Å². The van der Waals surface area contributed by atoms with Crippen LogP contribution in [-0.2, 0) is 4.79 Å². The zero-order chi connectivity index (χ0) is 26.5. The third-order valence-electron chi connectivity index (χ3n) is 6.93. The van der Waals surface area contributed by atoms with Gasteiger partial charge in [0, 0.05) is 40.9 Å². The van der Waals surface area contributed by atoms with Gasteiger partial charge in [0.25, 0.3) is 0 Å². The van der Waals surface area contributed by atoms with Gasteiger partial charge in [-0.1, -0.05) is 11.6 Å². The molecule has 1 fully saturated rings. The lowest BCUT2D eigenvalue weighted by Gasteiger charge is -2.37. The number of benzene rings is 2. The van der Waals surface area contributed by atoms with Gasteiger partial charge >= 0.3 is 5.97 Å². The molecule has 2 aromatic carbocycles. The maximum absolute atomic E-state index is 13.9. The molecule has 2 N–H and O–H groups in total. The van der Waals surface area contributed by atoms with E-state index in [2.05, 4.69) is 9.88 Å². The second-order valence-electron chi connectivity index (χ2n) is 9.21. The average Bonchev–Trinajstić information content (AvgIpc) is 2.89. The first-order valence-electron chi connectivity index (χ1n) is 12.1. The molecule has 0 bridgehead atoms. The van der Waals surface area contributed by atoms with E-state index in [9.17, 15) is 23.8 Å². The monoisotopic (exact) mass is 550 g/mol. The Morgan fingerprint density at radius 1 is 1.30 bits per heavy atom. The number of aliphatic hydroxyl groups is 1. The molecule has 2 heterocycles. The summed E-state index contributed by atoms with van der Waals surface area (Å²) in [4.78, 5) is 18.7. The molecule has 0 aliphatic carbocycles. The molecule has 0 unspecified atom stereocenters. The van der Waals surface area contributed by atoms with Gasteiger partial charge in [-0.15, -0.1) is 11.8 Å². The predicted octanol–water partition coefficient (Wildman–Crippen LogP) is 5.80. The number of thioether (sulfide) groups is 1. The minimum atomic E-state index is -0.879. The normalized spacial score (nSPS) is 19.2. The predicted molar refractivity (Wildman–Crippen MR) is 140 cm³/mol. The summed E-state index contributed by atoms with van der Waals surface area (Å²) in [6.07, 6.45) is 2.19. The number of halogens is 3. The Kier molecular flexibility index (Phi) is 9.23. The standard InChI is InChI=1S/C27H29ClF2N2O4S/c1-36-18-4-6-23-19(13-18)26(21(28)14-31-23)24(33)7-2-16-8-9-32(15-20(16)27(34)35)10-11-37-25-12-17(29)3-5-22(25)30/h3-6,12-14,16,20,24,33H,2,7-11,15H2,1H3,(H,34,35)/t16-,20+,24+/m1/s1. The first kappa shape index (κ1) is 27.6.